The Hall–Kier alpha value is -1.32. The summed E-state index contributed by atoms with van der Waals surface area (Å²) in [6.07, 6.45) is 5.90. The van der Waals surface area contributed by atoms with Crippen LogP contribution in [0.25, 0.3) is 0 Å². The molecule has 4 nitrogen and oxygen atoms in total. The lowest BCUT2D eigenvalue weighted by atomic mass is 10.0. The standard InChI is InChI=1S/C13H24N4/c1-5-15-12-8-14-9-13(17-12)16-11(4)7-6-10(2)3/h8-11H,5-7H2,1-4H3,(H2,15,16,17). The maximum absolute atomic E-state index is 4.44. The maximum atomic E-state index is 4.44. The predicted octanol–water partition coefficient (Wildman–Crippen LogP) is 3.15. The third-order valence-electron chi connectivity index (χ3n) is 2.56. The van der Waals surface area contributed by atoms with Crippen molar-refractivity contribution in [1.82, 2.24) is 9.97 Å². The molecule has 0 aliphatic rings. The summed E-state index contributed by atoms with van der Waals surface area (Å²) in [6, 6.07) is 0.434. The Morgan fingerprint density at radius 3 is 2.47 bits per heavy atom. The number of aromatic nitrogens is 2. The molecule has 0 spiro atoms. The summed E-state index contributed by atoms with van der Waals surface area (Å²) in [5.41, 5.74) is 0. The number of hydrogen-bond donors (Lipinski definition) is 2. The first-order chi connectivity index (χ1) is 8.11. The van der Waals surface area contributed by atoms with Gasteiger partial charge in [-0.2, -0.15) is 0 Å². The monoisotopic (exact) mass is 236 g/mol. The van der Waals surface area contributed by atoms with Crippen LogP contribution in [0.1, 0.15) is 40.5 Å². The van der Waals surface area contributed by atoms with Crippen LogP contribution in [0.2, 0.25) is 0 Å². The van der Waals surface area contributed by atoms with Gasteiger partial charge in [0, 0.05) is 12.6 Å². The minimum Gasteiger partial charge on any atom is -0.369 e. The summed E-state index contributed by atoms with van der Waals surface area (Å²) in [6.45, 7) is 9.59. The molecule has 2 N–H and O–H groups in total. The first kappa shape index (κ1) is 13.7. The van der Waals surface area contributed by atoms with Crippen molar-refractivity contribution in [3.63, 3.8) is 0 Å². The van der Waals surface area contributed by atoms with E-state index in [-0.39, 0.29) is 0 Å². The molecule has 96 valence electrons. The molecular weight excluding hydrogens is 212 g/mol. The highest BCUT2D eigenvalue weighted by molar-refractivity contribution is 5.41. The maximum Gasteiger partial charge on any atom is 0.147 e. The highest BCUT2D eigenvalue weighted by atomic mass is 15.1. The van der Waals surface area contributed by atoms with Crippen molar-refractivity contribution in [2.24, 2.45) is 5.92 Å². The molecule has 1 aromatic rings. The van der Waals surface area contributed by atoms with Crippen LogP contribution < -0.4 is 10.6 Å². The van der Waals surface area contributed by atoms with Crippen LogP contribution in [0.4, 0.5) is 11.6 Å². The lowest BCUT2D eigenvalue weighted by Crippen LogP contribution is -2.17. The average molecular weight is 236 g/mol. The number of rotatable bonds is 7. The summed E-state index contributed by atoms with van der Waals surface area (Å²) in [5, 5.41) is 6.54. The molecule has 1 unspecified atom stereocenters. The topological polar surface area (TPSA) is 49.8 Å². The van der Waals surface area contributed by atoms with Crippen molar-refractivity contribution >= 4 is 11.6 Å². The van der Waals surface area contributed by atoms with Gasteiger partial charge in [-0.1, -0.05) is 13.8 Å². The van der Waals surface area contributed by atoms with Gasteiger partial charge in [0.1, 0.15) is 11.6 Å². The van der Waals surface area contributed by atoms with E-state index in [0.717, 1.165) is 30.5 Å². The van der Waals surface area contributed by atoms with Crippen molar-refractivity contribution in [2.75, 3.05) is 17.2 Å². The molecule has 1 aromatic heterocycles. The summed E-state index contributed by atoms with van der Waals surface area (Å²) < 4.78 is 0. The van der Waals surface area contributed by atoms with Crippen LogP contribution in [-0.4, -0.2) is 22.6 Å². The van der Waals surface area contributed by atoms with Gasteiger partial charge in [0.05, 0.1) is 12.4 Å². The molecular formula is C13H24N4. The minimum atomic E-state index is 0.434. The van der Waals surface area contributed by atoms with Gasteiger partial charge in [0.25, 0.3) is 0 Å². The average Bonchev–Trinajstić information content (AvgIpc) is 2.27. The molecule has 0 saturated carbocycles. The molecule has 0 amide bonds. The molecule has 0 fully saturated rings. The molecule has 1 atom stereocenters. The molecule has 0 saturated heterocycles. The van der Waals surface area contributed by atoms with E-state index in [2.05, 4.69) is 41.4 Å². The van der Waals surface area contributed by atoms with Crippen LogP contribution >= 0.6 is 0 Å². The zero-order valence-corrected chi connectivity index (χ0v) is 11.3. The van der Waals surface area contributed by atoms with E-state index in [1.807, 2.05) is 6.92 Å². The normalized spacial score (nSPS) is 12.5. The molecule has 1 heterocycles. The van der Waals surface area contributed by atoms with E-state index >= 15 is 0 Å². The van der Waals surface area contributed by atoms with Crippen molar-refractivity contribution < 1.29 is 0 Å². The van der Waals surface area contributed by atoms with Gasteiger partial charge in [0.15, 0.2) is 0 Å². The van der Waals surface area contributed by atoms with E-state index in [1.165, 1.54) is 6.42 Å². The molecule has 4 heteroatoms. The smallest absolute Gasteiger partial charge is 0.147 e. The van der Waals surface area contributed by atoms with E-state index in [1.54, 1.807) is 12.4 Å². The quantitative estimate of drug-likeness (QED) is 0.763. The van der Waals surface area contributed by atoms with Gasteiger partial charge in [-0.3, -0.25) is 4.98 Å². The lowest BCUT2D eigenvalue weighted by molar-refractivity contribution is 0.527. The number of hydrogen-bond acceptors (Lipinski definition) is 4. The van der Waals surface area contributed by atoms with Crippen molar-refractivity contribution in [3.05, 3.63) is 12.4 Å². The third kappa shape index (κ3) is 5.52. The van der Waals surface area contributed by atoms with Crippen molar-refractivity contribution in [1.29, 1.82) is 0 Å². The number of nitrogens with one attached hydrogen (secondary N) is 2. The van der Waals surface area contributed by atoms with E-state index in [4.69, 9.17) is 0 Å². The Bertz CT molecular complexity index is 325. The van der Waals surface area contributed by atoms with E-state index in [0.29, 0.717) is 6.04 Å². The van der Waals surface area contributed by atoms with Crippen molar-refractivity contribution in [2.45, 2.75) is 46.6 Å². The van der Waals surface area contributed by atoms with E-state index in [9.17, 15) is 0 Å². The second kappa shape index (κ2) is 7.09. The van der Waals surface area contributed by atoms with Gasteiger partial charge in [-0.25, -0.2) is 4.98 Å². The lowest BCUT2D eigenvalue weighted by Gasteiger charge is -2.15. The molecule has 0 aliphatic carbocycles. The molecule has 1 rings (SSSR count). The largest absolute Gasteiger partial charge is 0.369 e. The third-order valence-corrected chi connectivity index (χ3v) is 2.56. The fourth-order valence-corrected chi connectivity index (χ4v) is 1.61. The van der Waals surface area contributed by atoms with Crippen LogP contribution in [0, 0.1) is 5.92 Å². The highest BCUT2D eigenvalue weighted by Crippen LogP contribution is 2.12. The second-order valence-electron chi connectivity index (χ2n) is 4.84. The zero-order chi connectivity index (χ0) is 12.7. The second-order valence-corrected chi connectivity index (χ2v) is 4.84. The Morgan fingerprint density at radius 1 is 1.12 bits per heavy atom. The van der Waals surface area contributed by atoms with Gasteiger partial charge >= 0.3 is 0 Å². The van der Waals surface area contributed by atoms with Gasteiger partial charge in [-0.05, 0) is 32.6 Å². The molecule has 0 aromatic carbocycles. The van der Waals surface area contributed by atoms with Gasteiger partial charge in [0.2, 0.25) is 0 Å². The van der Waals surface area contributed by atoms with Crippen LogP contribution in [0.5, 0.6) is 0 Å². The summed E-state index contributed by atoms with van der Waals surface area (Å²) in [7, 11) is 0. The number of anilines is 2. The van der Waals surface area contributed by atoms with Gasteiger partial charge in [-0.15, -0.1) is 0 Å². The Balaban J connectivity index is 2.46. The first-order valence-electron chi connectivity index (χ1n) is 6.44. The first-order valence-corrected chi connectivity index (χ1v) is 6.44. The SMILES string of the molecule is CCNc1cncc(NC(C)CCC(C)C)n1. The van der Waals surface area contributed by atoms with Gasteiger partial charge < -0.3 is 10.6 Å². The fraction of sp³-hybridized carbons (Fsp3) is 0.692. The Morgan fingerprint density at radius 2 is 1.82 bits per heavy atom. The summed E-state index contributed by atoms with van der Waals surface area (Å²) in [5.74, 6) is 2.42. The van der Waals surface area contributed by atoms with Crippen LogP contribution in [-0.2, 0) is 0 Å². The predicted molar refractivity (Wildman–Crippen MR) is 73.4 cm³/mol. The fourth-order valence-electron chi connectivity index (χ4n) is 1.61. The van der Waals surface area contributed by atoms with Crippen molar-refractivity contribution in [3.8, 4) is 0 Å². The minimum absolute atomic E-state index is 0.434. The summed E-state index contributed by atoms with van der Waals surface area (Å²) >= 11 is 0. The number of nitrogens with zero attached hydrogens (tertiary/aromatic N) is 2. The molecule has 0 aliphatic heterocycles. The molecule has 17 heavy (non-hydrogen) atoms. The molecule has 0 radical (unpaired) electrons. The van der Waals surface area contributed by atoms with Crippen LogP contribution in [0.15, 0.2) is 12.4 Å². The van der Waals surface area contributed by atoms with E-state index < -0.39 is 0 Å². The Labute approximate surface area is 104 Å². The summed E-state index contributed by atoms with van der Waals surface area (Å²) in [4.78, 5) is 8.61. The zero-order valence-electron chi connectivity index (χ0n) is 11.3. The molecule has 0 bridgehead atoms. The highest BCUT2D eigenvalue weighted by Gasteiger charge is 2.05. The Kier molecular flexibility index (Phi) is 5.73. The van der Waals surface area contributed by atoms with Crippen LogP contribution in [0.3, 0.4) is 0 Å².